The molecule has 0 aromatic heterocycles. The first kappa shape index (κ1) is 14.1. The van der Waals surface area contributed by atoms with Gasteiger partial charge in [0.2, 0.25) is 0 Å². The Labute approximate surface area is 117 Å². The molecule has 0 radical (unpaired) electrons. The highest BCUT2D eigenvalue weighted by atomic mass is 14.3. The molecule has 1 nitrogen and oxygen atoms in total. The summed E-state index contributed by atoms with van der Waals surface area (Å²) in [4.78, 5) is 0. The van der Waals surface area contributed by atoms with E-state index in [0.717, 1.165) is 6.42 Å². The van der Waals surface area contributed by atoms with E-state index in [1.165, 1.54) is 24.0 Å². The molecule has 0 bridgehead atoms. The van der Waals surface area contributed by atoms with Gasteiger partial charge in [-0.25, -0.2) is 0 Å². The third kappa shape index (κ3) is 3.00. The standard InChI is InChI=1S/C18H25N/c1-13-7-8-14-9-10-15(12-16(13)14)17(6-5-11-19)18(2,3)4/h9-10,12-13,17H,5-8H2,1-4H3. The highest BCUT2D eigenvalue weighted by Gasteiger charge is 2.27. The molecule has 1 aromatic carbocycles. The quantitative estimate of drug-likeness (QED) is 0.731. The van der Waals surface area contributed by atoms with Crippen LogP contribution in [0.25, 0.3) is 0 Å². The molecule has 19 heavy (non-hydrogen) atoms. The van der Waals surface area contributed by atoms with Crippen molar-refractivity contribution in [2.24, 2.45) is 5.41 Å². The SMILES string of the molecule is CC1CCc2ccc(C(CCC#N)C(C)(C)C)cc21. The molecular weight excluding hydrogens is 230 g/mol. The highest BCUT2D eigenvalue weighted by Crippen LogP contribution is 2.41. The van der Waals surface area contributed by atoms with E-state index in [1.807, 2.05) is 0 Å². The van der Waals surface area contributed by atoms with Crippen LogP contribution in [0.15, 0.2) is 18.2 Å². The Hall–Kier alpha value is -1.29. The lowest BCUT2D eigenvalue weighted by Gasteiger charge is -2.31. The number of hydrogen-bond acceptors (Lipinski definition) is 1. The van der Waals surface area contributed by atoms with Crippen molar-refractivity contribution in [3.05, 3.63) is 34.9 Å². The Bertz CT molecular complexity index is 487. The first-order valence-electron chi connectivity index (χ1n) is 7.43. The first-order valence-corrected chi connectivity index (χ1v) is 7.43. The van der Waals surface area contributed by atoms with Gasteiger partial charge in [-0.15, -0.1) is 0 Å². The third-order valence-electron chi connectivity index (χ3n) is 4.54. The number of rotatable bonds is 3. The third-order valence-corrected chi connectivity index (χ3v) is 4.54. The zero-order valence-electron chi connectivity index (χ0n) is 12.7. The maximum Gasteiger partial charge on any atom is 0.0621 e. The summed E-state index contributed by atoms with van der Waals surface area (Å²) in [7, 11) is 0. The van der Waals surface area contributed by atoms with Crippen LogP contribution in [0.2, 0.25) is 0 Å². The average Bonchev–Trinajstić information content (AvgIpc) is 2.70. The second kappa shape index (κ2) is 5.37. The van der Waals surface area contributed by atoms with Gasteiger partial charge < -0.3 is 0 Å². The van der Waals surface area contributed by atoms with E-state index in [0.29, 0.717) is 18.3 Å². The van der Waals surface area contributed by atoms with Crippen molar-refractivity contribution < 1.29 is 0 Å². The van der Waals surface area contributed by atoms with E-state index in [4.69, 9.17) is 5.26 Å². The second-order valence-electron chi connectivity index (χ2n) is 7.01. The highest BCUT2D eigenvalue weighted by molar-refractivity contribution is 5.39. The van der Waals surface area contributed by atoms with Crippen molar-refractivity contribution in [2.75, 3.05) is 0 Å². The van der Waals surface area contributed by atoms with Crippen molar-refractivity contribution >= 4 is 0 Å². The molecule has 0 aliphatic heterocycles. The first-order chi connectivity index (χ1) is 8.93. The molecule has 0 fully saturated rings. The molecule has 1 heteroatoms. The van der Waals surface area contributed by atoms with Crippen LogP contribution in [0.1, 0.15) is 75.5 Å². The number of hydrogen-bond donors (Lipinski definition) is 0. The van der Waals surface area contributed by atoms with Gasteiger partial charge in [-0.1, -0.05) is 45.9 Å². The van der Waals surface area contributed by atoms with Crippen LogP contribution < -0.4 is 0 Å². The predicted octanol–water partition coefficient (Wildman–Crippen LogP) is 5.17. The number of nitrogens with zero attached hydrogens (tertiary/aromatic N) is 1. The normalized spacial score (nSPS) is 19.8. The minimum atomic E-state index is 0.215. The van der Waals surface area contributed by atoms with Crippen LogP contribution >= 0.6 is 0 Å². The minimum Gasteiger partial charge on any atom is -0.198 e. The molecule has 102 valence electrons. The van der Waals surface area contributed by atoms with E-state index in [9.17, 15) is 0 Å². The molecule has 2 unspecified atom stereocenters. The van der Waals surface area contributed by atoms with Crippen LogP contribution in [-0.4, -0.2) is 0 Å². The zero-order valence-corrected chi connectivity index (χ0v) is 12.7. The Morgan fingerprint density at radius 3 is 2.74 bits per heavy atom. The summed E-state index contributed by atoms with van der Waals surface area (Å²) < 4.78 is 0. The topological polar surface area (TPSA) is 23.8 Å². The number of fused-ring (bicyclic) bond motifs is 1. The van der Waals surface area contributed by atoms with Crippen molar-refractivity contribution in [3.63, 3.8) is 0 Å². The Morgan fingerprint density at radius 1 is 1.37 bits per heavy atom. The van der Waals surface area contributed by atoms with Gasteiger partial charge in [0, 0.05) is 6.42 Å². The molecule has 1 aliphatic carbocycles. The average molecular weight is 255 g/mol. The van der Waals surface area contributed by atoms with E-state index in [2.05, 4.69) is 52.0 Å². The molecule has 0 spiro atoms. The fourth-order valence-corrected chi connectivity index (χ4v) is 3.35. The molecule has 0 heterocycles. The lowest BCUT2D eigenvalue weighted by Crippen LogP contribution is -2.18. The van der Waals surface area contributed by atoms with Gasteiger partial charge in [-0.2, -0.15) is 5.26 Å². The lowest BCUT2D eigenvalue weighted by molar-refractivity contribution is 0.307. The molecule has 2 rings (SSSR count). The van der Waals surface area contributed by atoms with Gasteiger partial charge in [0.15, 0.2) is 0 Å². The summed E-state index contributed by atoms with van der Waals surface area (Å²) in [5, 5.41) is 8.87. The summed E-state index contributed by atoms with van der Waals surface area (Å²) in [5.41, 5.74) is 4.72. The maximum absolute atomic E-state index is 8.87. The summed E-state index contributed by atoms with van der Waals surface area (Å²) in [6, 6.07) is 9.33. The largest absolute Gasteiger partial charge is 0.198 e. The summed E-state index contributed by atoms with van der Waals surface area (Å²) in [5.74, 6) is 1.18. The number of benzene rings is 1. The molecule has 0 amide bonds. The zero-order chi connectivity index (χ0) is 14.0. The van der Waals surface area contributed by atoms with E-state index in [1.54, 1.807) is 5.56 Å². The molecule has 0 N–H and O–H groups in total. The monoisotopic (exact) mass is 255 g/mol. The van der Waals surface area contributed by atoms with Gasteiger partial charge in [-0.05, 0) is 53.2 Å². The van der Waals surface area contributed by atoms with Gasteiger partial charge >= 0.3 is 0 Å². The number of nitriles is 1. The molecular formula is C18H25N. The number of aryl methyl sites for hydroxylation is 1. The van der Waals surface area contributed by atoms with Gasteiger partial charge in [0.25, 0.3) is 0 Å². The fourth-order valence-electron chi connectivity index (χ4n) is 3.35. The molecule has 0 saturated carbocycles. The molecule has 0 saturated heterocycles. The van der Waals surface area contributed by atoms with Crippen molar-refractivity contribution in [1.82, 2.24) is 0 Å². The molecule has 1 aliphatic rings. The Kier molecular flexibility index (Phi) is 3.99. The van der Waals surface area contributed by atoms with E-state index in [-0.39, 0.29) is 5.41 Å². The van der Waals surface area contributed by atoms with Crippen molar-refractivity contribution in [2.45, 2.75) is 65.2 Å². The van der Waals surface area contributed by atoms with Crippen LogP contribution in [0.5, 0.6) is 0 Å². The molecule has 1 aromatic rings. The minimum absolute atomic E-state index is 0.215. The predicted molar refractivity (Wildman–Crippen MR) is 80.2 cm³/mol. The summed E-state index contributed by atoms with van der Waals surface area (Å²) >= 11 is 0. The Balaban J connectivity index is 2.33. The van der Waals surface area contributed by atoms with E-state index < -0.39 is 0 Å². The smallest absolute Gasteiger partial charge is 0.0621 e. The second-order valence-corrected chi connectivity index (χ2v) is 7.01. The van der Waals surface area contributed by atoms with Gasteiger partial charge in [-0.3, -0.25) is 0 Å². The fraction of sp³-hybridized carbons (Fsp3) is 0.611. The van der Waals surface area contributed by atoms with Crippen LogP contribution in [-0.2, 0) is 6.42 Å². The Morgan fingerprint density at radius 2 is 2.11 bits per heavy atom. The van der Waals surface area contributed by atoms with Crippen molar-refractivity contribution in [1.29, 1.82) is 5.26 Å². The van der Waals surface area contributed by atoms with Crippen LogP contribution in [0.4, 0.5) is 0 Å². The van der Waals surface area contributed by atoms with Crippen molar-refractivity contribution in [3.8, 4) is 6.07 Å². The van der Waals surface area contributed by atoms with Crippen LogP contribution in [0, 0.1) is 16.7 Å². The molecule has 2 atom stereocenters. The summed E-state index contributed by atoms with van der Waals surface area (Å²) in [6.45, 7) is 9.18. The van der Waals surface area contributed by atoms with Gasteiger partial charge in [0.1, 0.15) is 0 Å². The van der Waals surface area contributed by atoms with Crippen LogP contribution in [0.3, 0.4) is 0 Å². The lowest BCUT2D eigenvalue weighted by atomic mass is 9.73. The maximum atomic E-state index is 8.87. The van der Waals surface area contributed by atoms with E-state index >= 15 is 0 Å². The van der Waals surface area contributed by atoms with Gasteiger partial charge in [0.05, 0.1) is 6.07 Å². The summed E-state index contributed by atoms with van der Waals surface area (Å²) in [6.07, 6.45) is 4.13.